The second kappa shape index (κ2) is 6.87. The van der Waals surface area contributed by atoms with Crippen LogP contribution in [-0.4, -0.2) is 47.7 Å². The third-order valence-electron chi connectivity index (χ3n) is 3.35. The highest BCUT2D eigenvalue weighted by Gasteiger charge is 2.38. The monoisotopic (exact) mass is 353 g/mol. The lowest BCUT2D eigenvalue weighted by molar-refractivity contribution is -0.149. The van der Waals surface area contributed by atoms with Crippen LogP contribution in [0.2, 0.25) is 0 Å². The van der Waals surface area contributed by atoms with E-state index >= 15 is 0 Å². The van der Waals surface area contributed by atoms with Crippen LogP contribution < -0.4 is 0 Å². The van der Waals surface area contributed by atoms with Crippen molar-refractivity contribution < 1.29 is 19.4 Å². The Morgan fingerprint density at radius 3 is 2.81 bits per heavy atom. The fourth-order valence-electron chi connectivity index (χ4n) is 2.28. The van der Waals surface area contributed by atoms with Gasteiger partial charge in [0.2, 0.25) is 5.91 Å². The minimum absolute atomic E-state index is 0.138. The number of likely N-dealkylation sites (tertiary alicyclic amines) is 1. The van der Waals surface area contributed by atoms with E-state index in [-0.39, 0.29) is 18.9 Å². The average molecular weight is 354 g/mol. The van der Waals surface area contributed by atoms with E-state index in [0.29, 0.717) is 0 Å². The third-order valence-corrected chi connectivity index (χ3v) is 4.07. The lowest BCUT2D eigenvalue weighted by atomic mass is 10.2. The van der Waals surface area contributed by atoms with Crippen molar-refractivity contribution in [2.75, 3.05) is 13.7 Å². The largest absolute Gasteiger partial charge is 0.467 e. The minimum atomic E-state index is -0.721. The number of ether oxygens (including phenoxy) is 1. The van der Waals surface area contributed by atoms with Crippen LogP contribution >= 0.6 is 15.9 Å². The van der Waals surface area contributed by atoms with Crippen LogP contribution in [-0.2, 0) is 14.3 Å². The minimum Gasteiger partial charge on any atom is -0.467 e. The van der Waals surface area contributed by atoms with E-state index in [1.807, 2.05) is 24.3 Å². The second-order valence-electron chi connectivity index (χ2n) is 4.77. The molecule has 21 heavy (non-hydrogen) atoms. The molecule has 1 amide bonds. The Balaban J connectivity index is 2.12. The Morgan fingerprint density at radius 2 is 2.14 bits per heavy atom. The zero-order valence-corrected chi connectivity index (χ0v) is 13.1. The Morgan fingerprint density at radius 1 is 1.43 bits per heavy atom. The lowest BCUT2D eigenvalue weighted by Crippen LogP contribution is -2.40. The quantitative estimate of drug-likeness (QED) is 0.662. The van der Waals surface area contributed by atoms with E-state index in [4.69, 9.17) is 0 Å². The summed E-state index contributed by atoms with van der Waals surface area (Å²) >= 11 is 3.40. The van der Waals surface area contributed by atoms with Gasteiger partial charge in [-0.3, -0.25) is 4.79 Å². The zero-order valence-electron chi connectivity index (χ0n) is 11.5. The number of benzene rings is 1. The van der Waals surface area contributed by atoms with E-state index in [0.717, 1.165) is 10.0 Å². The molecule has 5 nitrogen and oxygen atoms in total. The molecule has 1 fully saturated rings. The first-order valence-electron chi connectivity index (χ1n) is 6.52. The number of β-amino-alcohol motifs (C(OH)–C–C–N with tert-alkyl or cyclic N) is 1. The number of hydrogen-bond donors (Lipinski definition) is 1. The van der Waals surface area contributed by atoms with Gasteiger partial charge in [0.05, 0.1) is 13.2 Å². The number of carbonyl (C=O) groups is 2. The summed E-state index contributed by atoms with van der Waals surface area (Å²) in [4.78, 5) is 25.2. The number of aliphatic hydroxyl groups excluding tert-OH is 1. The van der Waals surface area contributed by atoms with E-state index in [9.17, 15) is 14.7 Å². The Labute approximate surface area is 131 Å². The summed E-state index contributed by atoms with van der Waals surface area (Å²) in [6, 6.07) is 6.77. The molecule has 0 aliphatic carbocycles. The molecule has 1 N–H and O–H groups in total. The number of carbonyl (C=O) groups excluding carboxylic acids is 2. The highest BCUT2D eigenvalue weighted by Crippen LogP contribution is 2.21. The van der Waals surface area contributed by atoms with Gasteiger partial charge in [-0.15, -0.1) is 0 Å². The van der Waals surface area contributed by atoms with Crippen LogP contribution in [0.25, 0.3) is 6.08 Å². The predicted molar refractivity (Wildman–Crippen MR) is 81.3 cm³/mol. The molecule has 1 aromatic carbocycles. The van der Waals surface area contributed by atoms with Gasteiger partial charge in [-0.2, -0.15) is 0 Å². The van der Waals surface area contributed by atoms with Crippen LogP contribution in [0.15, 0.2) is 34.8 Å². The Kier molecular flexibility index (Phi) is 5.14. The van der Waals surface area contributed by atoms with E-state index < -0.39 is 18.1 Å². The van der Waals surface area contributed by atoms with Gasteiger partial charge in [0.25, 0.3) is 0 Å². The Hall–Kier alpha value is -1.66. The van der Waals surface area contributed by atoms with Crippen LogP contribution in [0, 0.1) is 0 Å². The maximum absolute atomic E-state index is 12.2. The van der Waals surface area contributed by atoms with Crippen LogP contribution in [0.1, 0.15) is 12.0 Å². The van der Waals surface area contributed by atoms with Crippen LogP contribution in [0.3, 0.4) is 0 Å². The van der Waals surface area contributed by atoms with Gasteiger partial charge >= 0.3 is 5.97 Å². The maximum Gasteiger partial charge on any atom is 0.328 e. The van der Waals surface area contributed by atoms with Crippen molar-refractivity contribution in [3.05, 3.63) is 40.4 Å². The standard InChI is InChI=1S/C15H16BrNO4/c1-21-15(20)13-8-11(18)9-17(13)14(19)7-6-10-4-2-3-5-12(10)16/h2-7,11,13,18H,8-9H2,1H3/b7-6+. The molecular weight excluding hydrogens is 338 g/mol. The number of aliphatic hydroxyl groups is 1. The molecule has 1 aliphatic rings. The molecule has 112 valence electrons. The van der Waals surface area contributed by atoms with Gasteiger partial charge in [0.15, 0.2) is 0 Å². The first-order chi connectivity index (χ1) is 10.0. The molecule has 2 unspecified atom stereocenters. The number of hydrogen-bond acceptors (Lipinski definition) is 4. The highest BCUT2D eigenvalue weighted by molar-refractivity contribution is 9.10. The molecule has 1 aromatic rings. The first kappa shape index (κ1) is 15.7. The van der Waals surface area contributed by atoms with Gasteiger partial charge in [0, 0.05) is 23.5 Å². The SMILES string of the molecule is COC(=O)C1CC(O)CN1C(=O)/C=C/c1ccccc1Br. The van der Waals surface area contributed by atoms with Crippen molar-refractivity contribution in [1.82, 2.24) is 4.90 Å². The highest BCUT2D eigenvalue weighted by atomic mass is 79.9. The Bertz CT molecular complexity index is 573. The van der Waals surface area contributed by atoms with Gasteiger partial charge < -0.3 is 14.7 Å². The first-order valence-corrected chi connectivity index (χ1v) is 7.31. The van der Waals surface area contributed by atoms with Crippen molar-refractivity contribution >= 4 is 33.9 Å². The lowest BCUT2D eigenvalue weighted by Gasteiger charge is -2.20. The summed E-state index contributed by atoms with van der Waals surface area (Å²) in [5.41, 5.74) is 0.861. The summed E-state index contributed by atoms with van der Waals surface area (Å²) in [5, 5.41) is 9.66. The van der Waals surface area contributed by atoms with Crippen LogP contribution in [0.4, 0.5) is 0 Å². The third kappa shape index (κ3) is 3.71. The van der Waals surface area contributed by atoms with Crippen molar-refractivity contribution in [2.45, 2.75) is 18.6 Å². The fourth-order valence-corrected chi connectivity index (χ4v) is 2.70. The molecule has 1 aliphatic heterocycles. The van der Waals surface area contributed by atoms with Gasteiger partial charge in [0.1, 0.15) is 6.04 Å². The predicted octanol–water partition coefficient (Wildman–Crippen LogP) is 1.60. The van der Waals surface area contributed by atoms with Crippen LogP contribution in [0.5, 0.6) is 0 Å². The normalized spacial score (nSPS) is 21.8. The number of amides is 1. The van der Waals surface area contributed by atoms with Crippen molar-refractivity contribution in [2.24, 2.45) is 0 Å². The molecule has 2 rings (SSSR count). The number of halogens is 1. The summed E-state index contributed by atoms with van der Waals surface area (Å²) in [7, 11) is 1.27. The van der Waals surface area contributed by atoms with E-state index in [1.165, 1.54) is 18.1 Å². The van der Waals surface area contributed by atoms with Gasteiger partial charge in [-0.25, -0.2) is 4.79 Å². The molecule has 1 saturated heterocycles. The van der Waals surface area contributed by atoms with E-state index in [2.05, 4.69) is 20.7 Å². The summed E-state index contributed by atoms with van der Waals surface area (Å²) < 4.78 is 5.54. The second-order valence-corrected chi connectivity index (χ2v) is 5.63. The zero-order chi connectivity index (χ0) is 15.4. The summed E-state index contributed by atoms with van der Waals surface area (Å²) in [6.07, 6.45) is 2.58. The molecule has 0 radical (unpaired) electrons. The van der Waals surface area contributed by atoms with Crippen molar-refractivity contribution in [3.63, 3.8) is 0 Å². The molecule has 1 heterocycles. The molecule has 2 atom stereocenters. The average Bonchev–Trinajstić information content (AvgIpc) is 2.87. The number of rotatable bonds is 3. The summed E-state index contributed by atoms with van der Waals surface area (Å²) in [6.45, 7) is 0.138. The topological polar surface area (TPSA) is 66.8 Å². The fraction of sp³-hybridized carbons (Fsp3) is 0.333. The molecule has 0 aromatic heterocycles. The molecule has 0 spiro atoms. The van der Waals surface area contributed by atoms with E-state index in [1.54, 1.807) is 6.08 Å². The van der Waals surface area contributed by atoms with Crippen molar-refractivity contribution in [3.8, 4) is 0 Å². The van der Waals surface area contributed by atoms with Gasteiger partial charge in [-0.1, -0.05) is 34.1 Å². The van der Waals surface area contributed by atoms with Gasteiger partial charge in [-0.05, 0) is 17.7 Å². The van der Waals surface area contributed by atoms with Crippen molar-refractivity contribution in [1.29, 1.82) is 0 Å². The number of esters is 1. The number of nitrogens with zero attached hydrogens (tertiary/aromatic N) is 1. The number of methoxy groups -OCH3 is 1. The maximum atomic E-state index is 12.2. The molecule has 6 heteroatoms. The molecule has 0 saturated carbocycles. The molecular formula is C15H16BrNO4. The molecule has 0 bridgehead atoms. The smallest absolute Gasteiger partial charge is 0.328 e. The summed E-state index contributed by atoms with van der Waals surface area (Å²) in [5.74, 6) is -0.827.